The lowest BCUT2D eigenvalue weighted by Gasteiger charge is -2.25. The number of carbonyl (C=O) groups excluding carboxylic acids is 2. The molecule has 31 heavy (non-hydrogen) atoms. The van der Waals surface area contributed by atoms with Crippen LogP contribution in [0.3, 0.4) is 0 Å². The fourth-order valence-corrected chi connectivity index (χ4v) is 4.09. The number of hydrogen-bond donors (Lipinski definition) is 1. The minimum absolute atomic E-state index is 0.0312. The van der Waals surface area contributed by atoms with Crippen molar-refractivity contribution in [1.82, 2.24) is 14.8 Å². The van der Waals surface area contributed by atoms with Crippen molar-refractivity contribution in [2.45, 2.75) is 25.9 Å². The number of nitrogens with zero attached hydrogens (tertiary/aromatic N) is 4. The number of aryl methyl sites for hydroxylation is 1. The van der Waals surface area contributed by atoms with Crippen LogP contribution in [-0.2, 0) is 9.59 Å². The number of aliphatic hydroxyl groups is 1. The van der Waals surface area contributed by atoms with Crippen molar-refractivity contribution < 1.29 is 23.8 Å². The van der Waals surface area contributed by atoms with E-state index in [0.717, 1.165) is 11.3 Å². The second kappa shape index (κ2) is 8.97. The maximum Gasteiger partial charge on any atom is 0.242 e. The van der Waals surface area contributed by atoms with E-state index in [0.29, 0.717) is 63.0 Å². The van der Waals surface area contributed by atoms with Gasteiger partial charge in [0.25, 0.3) is 0 Å². The van der Waals surface area contributed by atoms with Gasteiger partial charge in [0.1, 0.15) is 5.75 Å². The molecule has 0 spiro atoms. The Morgan fingerprint density at radius 3 is 2.81 bits per heavy atom. The highest BCUT2D eigenvalue weighted by Gasteiger charge is 2.29. The number of ether oxygens (including phenoxy) is 1. The molecule has 2 aromatic rings. The van der Waals surface area contributed by atoms with Crippen molar-refractivity contribution in [1.29, 1.82) is 0 Å². The van der Waals surface area contributed by atoms with Gasteiger partial charge in [-0.15, -0.1) is 0 Å². The number of anilines is 1. The van der Waals surface area contributed by atoms with Gasteiger partial charge >= 0.3 is 0 Å². The van der Waals surface area contributed by atoms with Crippen LogP contribution < -0.4 is 9.64 Å². The summed E-state index contributed by atoms with van der Waals surface area (Å²) in [4.78, 5) is 34.6. The zero-order valence-corrected chi connectivity index (χ0v) is 17.9. The SMILES string of the molecule is COc1cc(N2CCC(=O)N(CC(=O)N3CCC(O)C3)CC2)ccc1-c1cnc(C)o1. The number of β-amino-alcohol motifs (C(OH)–C–C–N with tert-alkyl or cyclic N) is 1. The summed E-state index contributed by atoms with van der Waals surface area (Å²) < 4.78 is 11.2. The molecule has 2 fully saturated rings. The largest absolute Gasteiger partial charge is 0.496 e. The molecule has 2 saturated heterocycles. The smallest absolute Gasteiger partial charge is 0.242 e. The molecule has 0 saturated carbocycles. The van der Waals surface area contributed by atoms with Crippen LogP contribution in [0.4, 0.5) is 5.69 Å². The average Bonchev–Trinajstić information content (AvgIpc) is 3.35. The van der Waals surface area contributed by atoms with Crippen molar-refractivity contribution in [3.63, 3.8) is 0 Å². The van der Waals surface area contributed by atoms with Crippen LogP contribution in [0, 0.1) is 6.92 Å². The van der Waals surface area contributed by atoms with Crippen LogP contribution in [-0.4, -0.2) is 84.2 Å². The summed E-state index contributed by atoms with van der Waals surface area (Å²) in [5, 5.41) is 9.65. The molecular weight excluding hydrogens is 400 g/mol. The molecule has 0 radical (unpaired) electrons. The molecule has 1 aromatic heterocycles. The zero-order chi connectivity index (χ0) is 22.0. The van der Waals surface area contributed by atoms with Crippen LogP contribution in [0.5, 0.6) is 5.75 Å². The molecule has 9 heteroatoms. The maximum atomic E-state index is 12.6. The fourth-order valence-electron chi connectivity index (χ4n) is 4.09. The molecule has 1 aromatic carbocycles. The van der Waals surface area contributed by atoms with Gasteiger partial charge < -0.3 is 29.0 Å². The van der Waals surface area contributed by atoms with Gasteiger partial charge in [-0.1, -0.05) is 0 Å². The van der Waals surface area contributed by atoms with Crippen LogP contribution in [0.1, 0.15) is 18.7 Å². The number of methoxy groups -OCH3 is 1. The van der Waals surface area contributed by atoms with Gasteiger partial charge in [-0.25, -0.2) is 4.98 Å². The summed E-state index contributed by atoms with van der Waals surface area (Å²) in [7, 11) is 1.61. The molecule has 2 aliphatic heterocycles. The third-order valence-electron chi connectivity index (χ3n) is 5.87. The van der Waals surface area contributed by atoms with E-state index in [4.69, 9.17) is 9.15 Å². The Hall–Kier alpha value is -3.07. The Bertz CT molecular complexity index is 959. The standard InChI is InChI=1S/C22H28N4O5/c1-15-23-12-20(31-15)18-4-3-16(11-19(18)30-2)24-8-6-21(28)26(10-9-24)14-22(29)25-7-5-17(27)13-25/h3-4,11-12,17,27H,5-10,13-14H2,1-2H3. The van der Waals surface area contributed by atoms with Gasteiger partial charge in [0, 0.05) is 57.8 Å². The second-order valence-electron chi connectivity index (χ2n) is 7.96. The molecule has 166 valence electrons. The summed E-state index contributed by atoms with van der Waals surface area (Å²) in [6.45, 7) is 4.40. The van der Waals surface area contributed by atoms with Crippen molar-refractivity contribution in [3.8, 4) is 17.1 Å². The lowest BCUT2D eigenvalue weighted by molar-refractivity contribution is -0.139. The first-order valence-electron chi connectivity index (χ1n) is 10.5. The van der Waals surface area contributed by atoms with Gasteiger partial charge in [0.2, 0.25) is 11.8 Å². The lowest BCUT2D eigenvalue weighted by Crippen LogP contribution is -2.43. The van der Waals surface area contributed by atoms with E-state index in [-0.39, 0.29) is 18.4 Å². The molecule has 0 aliphatic carbocycles. The van der Waals surface area contributed by atoms with E-state index in [2.05, 4.69) is 9.88 Å². The van der Waals surface area contributed by atoms with E-state index in [1.807, 2.05) is 18.2 Å². The zero-order valence-electron chi connectivity index (χ0n) is 17.9. The van der Waals surface area contributed by atoms with Crippen molar-refractivity contribution in [3.05, 3.63) is 30.3 Å². The third-order valence-corrected chi connectivity index (χ3v) is 5.87. The molecule has 9 nitrogen and oxygen atoms in total. The monoisotopic (exact) mass is 428 g/mol. The number of aliphatic hydroxyl groups excluding tert-OH is 1. The third kappa shape index (κ3) is 4.66. The molecule has 0 bridgehead atoms. The van der Waals surface area contributed by atoms with Crippen LogP contribution in [0.15, 0.2) is 28.8 Å². The first-order chi connectivity index (χ1) is 14.9. The number of benzene rings is 1. The summed E-state index contributed by atoms with van der Waals surface area (Å²) in [6, 6.07) is 5.84. The van der Waals surface area contributed by atoms with Gasteiger partial charge in [0.15, 0.2) is 11.7 Å². The van der Waals surface area contributed by atoms with Crippen molar-refractivity contribution >= 4 is 17.5 Å². The Morgan fingerprint density at radius 2 is 2.13 bits per heavy atom. The number of amides is 2. The van der Waals surface area contributed by atoms with Gasteiger partial charge in [-0.3, -0.25) is 9.59 Å². The number of aromatic nitrogens is 1. The summed E-state index contributed by atoms with van der Waals surface area (Å²) in [5.74, 6) is 1.76. The number of carbonyl (C=O) groups is 2. The summed E-state index contributed by atoms with van der Waals surface area (Å²) in [6.07, 6.45) is 2.14. The Balaban J connectivity index is 1.44. The average molecular weight is 428 g/mol. The Kier molecular flexibility index (Phi) is 6.13. The highest BCUT2D eigenvalue weighted by molar-refractivity contribution is 5.85. The summed E-state index contributed by atoms with van der Waals surface area (Å²) in [5.41, 5.74) is 1.76. The maximum absolute atomic E-state index is 12.6. The molecule has 2 amide bonds. The minimum Gasteiger partial charge on any atom is -0.496 e. The Labute approximate surface area is 181 Å². The predicted molar refractivity (Wildman–Crippen MR) is 114 cm³/mol. The fraction of sp³-hybridized carbons (Fsp3) is 0.500. The van der Waals surface area contributed by atoms with E-state index in [1.54, 1.807) is 30.0 Å². The first-order valence-corrected chi connectivity index (χ1v) is 10.5. The van der Waals surface area contributed by atoms with E-state index in [9.17, 15) is 14.7 Å². The van der Waals surface area contributed by atoms with Crippen molar-refractivity contribution in [2.75, 3.05) is 51.3 Å². The van der Waals surface area contributed by atoms with E-state index in [1.165, 1.54) is 0 Å². The Morgan fingerprint density at radius 1 is 1.29 bits per heavy atom. The number of oxazole rings is 1. The highest BCUT2D eigenvalue weighted by Crippen LogP contribution is 2.34. The molecule has 2 aliphatic rings. The molecular formula is C22H28N4O5. The molecule has 1 N–H and O–H groups in total. The van der Waals surface area contributed by atoms with Crippen LogP contribution in [0.25, 0.3) is 11.3 Å². The molecule has 3 heterocycles. The van der Waals surface area contributed by atoms with Crippen molar-refractivity contribution in [2.24, 2.45) is 0 Å². The van der Waals surface area contributed by atoms with E-state index < -0.39 is 6.10 Å². The quantitative estimate of drug-likeness (QED) is 0.766. The highest BCUT2D eigenvalue weighted by atomic mass is 16.5. The normalized spacial score (nSPS) is 19.6. The second-order valence-corrected chi connectivity index (χ2v) is 7.96. The van der Waals surface area contributed by atoms with Crippen LogP contribution in [0.2, 0.25) is 0 Å². The molecule has 4 rings (SSSR count). The lowest BCUT2D eigenvalue weighted by atomic mass is 10.1. The van der Waals surface area contributed by atoms with Gasteiger partial charge in [-0.2, -0.15) is 0 Å². The molecule has 1 unspecified atom stereocenters. The number of rotatable bonds is 5. The first kappa shape index (κ1) is 21.2. The summed E-state index contributed by atoms with van der Waals surface area (Å²) >= 11 is 0. The number of hydrogen-bond acceptors (Lipinski definition) is 7. The van der Waals surface area contributed by atoms with E-state index >= 15 is 0 Å². The predicted octanol–water partition coefficient (Wildman–Crippen LogP) is 1.29. The molecule has 1 atom stereocenters. The topological polar surface area (TPSA) is 99.4 Å². The van der Waals surface area contributed by atoms with Gasteiger partial charge in [0.05, 0.1) is 31.5 Å². The minimum atomic E-state index is -0.460. The number of likely N-dealkylation sites (tertiary alicyclic amines) is 1. The van der Waals surface area contributed by atoms with Crippen LogP contribution >= 0.6 is 0 Å². The van der Waals surface area contributed by atoms with Gasteiger partial charge in [-0.05, 0) is 18.6 Å².